The number of halogens is 1. The zero-order valence-electron chi connectivity index (χ0n) is 11.8. The minimum Gasteiger partial charge on any atom is -0.351 e. The Labute approximate surface area is 127 Å². The zero-order chi connectivity index (χ0) is 14.7. The number of likely N-dealkylation sites (tertiary alicyclic amines) is 1. The molecule has 0 aromatic carbocycles. The van der Waals surface area contributed by atoms with E-state index in [9.17, 15) is 10.1 Å². The minimum atomic E-state index is -0.370. The van der Waals surface area contributed by atoms with E-state index in [1.165, 1.54) is 6.07 Å². The number of anilines is 1. The summed E-state index contributed by atoms with van der Waals surface area (Å²) in [5.74, 6) is 0.452. The van der Waals surface area contributed by atoms with Gasteiger partial charge in [-0.25, -0.2) is 4.98 Å². The number of nitrogens with zero attached hydrogens (tertiary/aromatic N) is 4. The van der Waals surface area contributed by atoms with E-state index in [0.29, 0.717) is 16.3 Å². The van der Waals surface area contributed by atoms with Crippen molar-refractivity contribution in [1.82, 2.24) is 9.88 Å². The molecule has 0 aliphatic carbocycles. The Bertz CT molecular complexity index is 489. The molecule has 0 spiro atoms. The first-order valence-electron chi connectivity index (χ1n) is 6.78. The SMILES string of the molecule is CCN1CCC(N(C)c2ncc(Br)cc2[N+](=O)[O-])CC1. The van der Waals surface area contributed by atoms with E-state index in [0.717, 1.165) is 32.5 Å². The molecule has 1 aromatic heterocycles. The highest BCUT2D eigenvalue weighted by Crippen LogP contribution is 2.30. The highest BCUT2D eigenvalue weighted by molar-refractivity contribution is 9.10. The molecule has 0 atom stereocenters. The highest BCUT2D eigenvalue weighted by Gasteiger charge is 2.27. The third-order valence-electron chi connectivity index (χ3n) is 3.90. The van der Waals surface area contributed by atoms with E-state index >= 15 is 0 Å². The average Bonchev–Trinajstić information content (AvgIpc) is 2.46. The van der Waals surface area contributed by atoms with Crippen LogP contribution in [-0.4, -0.2) is 47.5 Å². The van der Waals surface area contributed by atoms with Crippen LogP contribution >= 0.6 is 15.9 Å². The fraction of sp³-hybridized carbons (Fsp3) is 0.615. The Balaban J connectivity index is 2.17. The van der Waals surface area contributed by atoms with Gasteiger partial charge in [0, 0.05) is 42.9 Å². The topological polar surface area (TPSA) is 62.5 Å². The number of piperidine rings is 1. The van der Waals surface area contributed by atoms with Gasteiger partial charge in [-0.1, -0.05) is 6.92 Å². The first kappa shape index (κ1) is 15.2. The molecular weight excluding hydrogens is 324 g/mol. The van der Waals surface area contributed by atoms with Crippen LogP contribution in [0.1, 0.15) is 19.8 Å². The molecule has 0 unspecified atom stereocenters. The number of nitro groups is 1. The van der Waals surface area contributed by atoms with Gasteiger partial charge in [-0.3, -0.25) is 10.1 Å². The van der Waals surface area contributed by atoms with Gasteiger partial charge in [-0.05, 0) is 35.3 Å². The van der Waals surface area contributed by atoms with Gasteiger partial charge < -0.3 is 9.80 Å². The summed E-state index contributed by atoms with van der Waals surface area (Å²) in [5.41, 5.74) is 0.0554. The van der Waals surface area contributed by atoms with Crippen molar-refractivity contribution >= 4 is 27.4 Å². The van der Waals surface area contributed by atoms with Gasteiger partial charge in [0.2, 0.25) is 5.82 Å². The molecule has 7 heteroatoms. The Kier molecular flexibility index (Phi) is 4.93. The summed E-state index contributed by atoms with van der Waals surface area (Å²) in [6, 6.07) is 1.82. The predicted octanol–water partition coefficient (Wildman–Crippen LogP) is 2.67. The van der Waals surface area contributed by atoms with Crippen molar-refractivity contribution in [2.75, 3.05) is 31.6 Å². The number of hydrogen-bond acceptors (Lipinski definition) is 5. The molecule has 0 saturated carbocycles. The molecule has 1 aliphatic rings. The van der Waals surface area contributed by atoms with E-state index in [1.807, 2.05) is 11.9 Å². The van der Waals surface area contributed by atoms with Gasteiger partial charge >= 0.3 is 5.69 Å². The van der Waals surface area contributed by atoms with Crippen LogP contribution in [0.3, 0.4) is 0 Å². The lowest BCUT2D eigenvalue weighted by atomic mass is 10.0. The standard InChI is InChI=1S/C13H19BrN4O2/c1-3-17-6-4-11(5-7-17)16(2)13-12(18(19)20)8-10(14)9-15-13/h8-9,11H,3-7H2,1-2H3. The van der Waals surface area contributed by atoms with Crippen LogP contribution in [0.25, 0.3) is 0 Å². The van der Waals surface area contributed by atoms with Crippen molar-refractivity contribution in [3.05, 3.63) is 26.9 Å². The van der Waals surface area contributed by atoms with Crippen molar-refractivity contribution in [2.24, 2.45) is 0 Å². The second kappa shape index (κ2) is 6.49. The monoisotopic (exact) mass is 342 g/mol. The Morgan fingerprint density at radius 2 is 2.20 bits per heavy atom. The van der Waals surface area contributed by atoms with Crippen LogP contribution in [0.2, 0.25) is 0 Å². The molecule has 6 nitrogen and oxygen atoms in total. The maximum absolute atomic E-state index is 11.2. The van der Waals surface area contributed by atoms with E-state index in [4.69, 9.17) is 0 Å². The molecule has 20 heavy (non-hydrogen) atoms. The van der Waals surface area contributed by atoms with Crippen LogP contribution in [0.15, 0.2) is 16.7 Å². The third-order valence-corrected chi connectivity index (χ3v) is 4.33. The Morgan fingerprint density at radius 1 is 1.55 bits per heavy atom. The van der Waals surface area contributed by atoms with Gasteiger partial charge in [0.25, 0.3) is 0 Å². The van der Waals surface area contributed by atoms with Crippen molar-refractivity contribution in [2.45, 2.75) is 25.8 Å². The van der Waals surface area contributed by atoms with Gasteiger partial charge in [-0.15, -0.1) is 0 Å². The summed E-state index contributed by atoms with van der Waals surface area (Å²) in [7, 11) is 1.90. The summed E-state index contributed by atoms with van der Waals surface area (Å²) in [6.45, 7) is 5.30. The van der Waals surface area contributed by atoms with Crippen LogP contribution in [0.4, 0.5) is 11.5 Å². The van der Waals surface area contributed by atoms with E-state index in [2.05, 4.69) is 32.7 Å². The maximum Gasteiger partial charge on any atom is 0.312 e. The van der Waals surface area contributed by atoms with Gasteiger partial charge in [0.1, 0.15) is 0 Å². The highest BCUT2D eigenvalue weighted by atomic mass is 79.9. The molecular formula is C13H19BrN4O2. The smallest absolute Gasteiger partial charge is 0.312 e. The minimum absolute atomic E-state index is 0.0554. The lowest BCUT2D eigenvalue weighted by Gasteiger charge is -2.36. The summed E-state index contributed by atoms with van der Waals surface area (Å²) >= 11 is 3.23. The van der Waals surface area contributed by atoms with Crippen molar-refractivity contribution in [1.29, 1.82) is 0 Å². The fourth-order valence-corrected chi connectivity index (χ4v) is 2.94. The number of aromatic nitrogens is 1. The number of rotatable bonds is 4. The molecule has 2 rings (SSSR count). The van der Waals surface area contributed by atoms with E-state index in [-0.39, 0.29) is 10.6 Å². The molecule has 0 bridgehead atoms. The molecule has 1 saturated heterocycles. The van der Waals surface area contributed by atoms with Crippen LogP contribution in [0.5, 0.6) is 0 Å². The van der Waals surface area contributed by atoms with Crippen LogP contribution < -0.4 is 4.90 Å². The molecule has 1 fully saturated rings. The second-order valence-corrected chi connectivity index (χ2v) is 5.95. The summed E-state index contributed by atoms with van der Waals surface area (Å²) < 4.78 is 0.627. The lowest BCUT2D eigenvalue weighted by Crippen LogP contribution is -2.43. The van der Waals surface area contributed by atoms with Gasteiger partial charge in [-0.2, -0.15) is 0 Å². The molecule has 1 aliphatic heterocycles. The van der Waals surface area contributed by atoms with E-state index in [1.54, 1.807) is 6.20 Å². The van der Waals surface area contributed by atoms with Gasteiger partial charge in [0.05, 0.1) is 4.92 Å². The fourth-order valence-electron chi connectivity index (χ4n) is 2.62. The quantitative estimate of drug-likeness (QED) is 0.621. The third kappa shape index (κ3) is 3.27. The summed E-state index contributed by atoms with van der Waals surface area (Å²) in [6.07, 6.45) is 3.64. The first-order valence-corrected chi connectivity index (χ1v) is 7.57. The molecule has 2 heterocycles. The van der Waals surface area contributed by atoms with Gasteiger partial charge in [0.15, 0.2) is 0 Å². The lowest BCUT2D eigenvalue weighted by molar-refractivity contribution is -0.384. The zero-order valence-corrected chi connectivity index (χ0v) is 13.3. The van der Waals surface area contributed by atoms with E-state index < -0.39 is 0 Å². The summed E-state index contributed by atoms with van der Waals surface area (Å²) in [4.78, 5) is 19.4. The normalized spacial score (nSPS) is 17.1. The molecule has 0 amide bonds. The second-order valence-electron chi connectivity index (χ2n) is 5.03. The first-order chi connectivity index (χ1) is 9.52. The number of pyridine rings is 1. The molecule has 0 N–H and O–H groups in total. The average molecular weight is 343 g/mol. The van der Waals surface area contributed by atoms with Crippen molar-refractivity contribution in [3.8, 4) is 0 Å². The predicted molar refractivity (Wildman–Crippen MR) is 82.1 cm³/mol. The summed E-state index contributed by atoms with van der Waals surface area (Å²) in [5, 5.41) is 11.2. The Morgan fingerprint density at radius 3 is 2.75 bits per heavy atom. The number of hydrogen-bond donors (Lipinski definition) is 0. The maximum atomic E-state index is 11.2. The largest absolute Gasteiger partial charge is 0.351 e. The van der Waals surface area contributed by atoms with Crippen LogP contribution in [0, 0.1) is 10.1 Å². The van der Waals surface area contributed by atoms with Crippen LogP contribution in [-0.2, 0) is 0 Å². The van der Waals surface area contributed by atoms with Crippen molar-refractivity contribution in [3.63, 3.8) is 0 Å². The molecule has 0 radical (unpaired) electrons. The molecule has 110 valence electrons. The molecule has 1 aromatic rings. The van der Waals surface area contributed by atoms with Crippen molar-refractivity contribution < 1.29 is 4.92 Å². The Hall–Kier alpha value is -1.21.